The van der Waals surface area contributed by atoms with Gasteiger partial charge in [-0.3, -0.25) is 0 Å². The largest absolute Gasteiger partial charge is 0.631 e. The lowest BCUT2D eigenvalue weighted by Crippen LogP contribution is -2.17. The first-order valence-corrected chi connectivity index (χ1v) is 4.04. The predicted octanol–water partition coefficient (Wildman–Crippen LogP) is -2.04. The van der Waals surface area contributed by atoms with Crippen molar-refractivity contribution in [3.63, 3.8) is 0 Å². The molecule has 9 heteroatoms. The zero-order valence-corrected chi connectivity index (χ0v) is 7.97. The van der Waals surface area contributed by atoms with Crippen LogP contribution in [0.15, 0.2) is 0 Å². The van der Waals surface area contributed by atoms with Crippen LogP contribution in [-0.2, 0) is 14.3 Å². The molecule has 0 atom stereocenters. The zero-order chi connectivity index (χ0) is 10.9. The maximum Gasteiger partial charge on any atom is 0.631 e. The van der Waals surface area contributed by atoms with Crippen molar-refractivity contribution in [2.45, 2.75) is 0 Å². The van der Waals surface area contributed by atoms with E-state index in [-0.39, 0.29) is 6.61 Å². The maximum atomic E-state index is 10.1. The molecule has 0 saturated carbocycles. The van der Waals surface area contributed by atoms with Crippen LogP contribution in [0, 0.1) is 0 Å². The van der Waals surface area contributed by atoms with Gasteiger partial charge < -0.3 is 24.9 Å². The van der Waals surface area contributed by atoms with Crippen LogP contribution in [0.2, 0.25) is 0 Å². The van der Waals surface area contributed by atoms with Crippen molar-refractivity contribution in [2.24, 2.45) is 0 Å². The fourth-order valence-electron chi connectivity index (χ4n) is 0.193. The van der Waals surface area contributed by atoms with Crippen molar-refractivity contribution < 1.29 is 34.5 Å². The number of carboxylic acid groups (broad SMARTS) is 1. The summed E-state index contributed by atoms with van der Waals surface area (Å²) in [7, 11) is -2.17. The summed E-state index contributed by atoms with van der Waals surface area (Å²) < 4.78 is 4.17. The van der Waals surface area contributed by atoms with E-state index >= 15 is 0 Å². The summed E-state index contributed by atoms with van der Waals surface area (Å²) in [6.45, 7) is 0.0884. The summed E-state index contributed by atoms with van der Waals surface area (Å²) >= 11 is 2.96. The highest BCUT2D eigenvalue weighted by Gasteiger charge is 2.10. The van der Waals surface area contributed by atoms with Gasteiger partial charge in [-0.05, 0) is 0 Å². The minimum absolute atomic E-state index is 0.0884. The van der Waals surface area contributed by atoms with Gasteiger partial charge in [0.1, 0.15) is 6.61 Å². The predicted molar refractivity (Wildman–Crippen MR) is 44.8 cm³/mol. The number of carbonyl (C=O) groups excluding carboxylic acids is 1. The first kappa shape index (κ1) is 14.9. The molecule has 0 aliphatic carbocycles. The topological polar surface area (TPSA) is 124 Å². The Labute approximate surface area is 82.2 Å². The Balaban J connectivity index is 0. The molecule has 0 aromatic heterocycles. The first-order chi connectivity index (χ1) is 5.91. The molecule has 13 heavy (non-hydrogen) atoms. The normalized spacial score (nSPS) is 8.00. The highest BCUT2D eigenvalue weighted by Crippen LogP contribution is 1.82. The minimum atomic E-state index is -2.17. The summed E-state index contributed by atoms with van der Waals surface area (Å²) in [5, 5.41) is 29.9. The second kappa shape index (κ2) is 9.45. The lowest BCUT2D eigenvalue weighted by molar-refractivity contribution is -0.163. The number of hydrogen-bond donors (Lipinski definition) is 4. The van der Waals surface area contributed by atoms with Crippen LogP contribution in [0.3, 0.4) is 0 Å². The van der Waals surface area contributed by atoms with Crippen molar-refractivity contribution in [1.82, 2.24) is 0 Å². The quantitative estimate of drug-likeness (QED) is 0.195. The lowest BCUT2D eigenvalue weighted by atomic mass is 10.3. The van der Waals surface area contributed by atoms with Gasteiger partial charge in [0.15, 0.2) is 0 Å². The van der Waals surface area contributed by atoms with E-state index in [1.807, 2.05) is 0 Å². The Kier molecular flexibility index (Phi) is 10.8. The average molecular weight is 259 g/mol. The zero-order valence-electron chi connectivity index (χ0n) is 6.38. The Morgan fingerprint density at radius 2 is 1.69 bits per heavy atom. The average Bonchev–Trinajstić information content (AvgIpc) is 1.98. The second-order valence-electron chi connectivity index (χ2n) is 1.48. The number of hydrogen-bond acceptors (Lipinski definition) is 6. The third kappa shape index (κ3) is 18.4. The third-order valence-electron chi connectivity index (χ3n) is 0.485. The molecule has 0 heterocycles. The Morgan fingerprint density at radius 1 is 1.31 bits per heavy atom. The number of rotatable bonds is 2. The van der Waals surface area contributed by atoms with E-state index in [4.69, 9.17) is 20.2 Å². The summed E-state index contributed by atoms with van der Waals surface area (Å²) in [6.07, 6.45) is 0. The molecule has 0 rings (SSSR count). The molecule has 76 valence electrons. The monoisotopic (exact) mass is 258 g/mol. The van der Waals surface area contributed by atoms with E-state index in [1.54, 1.807) is 0 Å². The van der Waals surface area contributed by atoms with Crippen molar-refractivity contribution in [1.29, 1.82) is 0 Å². The SMILES string of the molecule is O=C(O)C(=O)OCCBr.OB(O)O. The molecule has 0 aliphatic heterocycles. The fourth-order valence-corrected chi connectivity index (χ4v) is 0.355. The van der Waals surface area contributed by atoms with Gasteiger partial charge in [-0.1, -0.05) is 15.9 Å². The fraction of sp³-hybridized carbons (Fsp3) is 0.500. The number of carbonyl (C=O) groups is 2. The summed E-state index contributed by atoms with van der Waals surface area (Å²) in [6, 6.07) is 0. The van der Waals surface area contributed by atoms with Gasteiger partial charge in [0.25, 0.3) is 0 Å². The summed E-state index contributed by atoms with van der Waals surface area (Å²) in [5.74, 6) is -2.77. The van der Waals surface area contributed by atoms with Crippen molar-refractivity contribution in [3.8, 4) is 0 Å². The Hall–Kier alpha value is -0.635. The maximum absolute atomic E-state index is 10.1. The van der Waals surface area contributed by atoms with Gasteiger partial charge in [-0.15, -0.1) is 0 Å². The standard InChI is InChI=1S/C4H5BrO4.BH3O3/c5-1-2-9-4(8)3(6)7;2-1(3)4/h1-2H2,(H,6,7);2-4H. The molecule has 4 N–H and O–H groups in total. The molecule has 0 unspecified atom stereocenters. The minimum Gasteiger partial charge on any atom is -0.473 e. The molecule has 0 aromatic rings. The van der Waals surface area contributed by atoms with Crippen LogP contribution in [0.4, 0.5) is 0 Å². The molecule has 0 amide bonds. The van der Waals surface area contributed by atoms with Crippen LogP contribution in [0.25, 0.3) is 0 Å². The van der Waals surface area contributed by atoms with Gasteiger partial charge >= 0.3 is 19.3 Å². The highest BCUT2D eigenvalue weighted by atomic mass is 79.9. The number of alkyl halides is 1. The molecule has 0 fully saturated rings. The molecule has 0 aromatic carbocycles. The second-order valence-corrected chi connectivity index (χ2v) is 2.27. The molecule has 0 aliphatic rings. The van der Waals surface area contributed by atoms with Crippen LogP contribution in [0.5, 0.6) is 0 Å². The number of esters is 1. The Bertz CT molecular complexity index is 158. The van der Waals surface area contributed by atoms with Gasteiger partial charge in [-0.2, -0.15) is 0 Å². The molecule has 0 radical (unpaired) electrons. The van der Waals surface area contributed by atoms with E-state index in [9.17, 15) is 9.59 Å². The number of carboxylic acids is 1. The number of ether oxygens (including phenoxy) is 1. The molecule has 0 spiro atoms. The van der Waals surface area contributed by atoms with E-state index in [0.29, 0.717) is 5.33 Å². The third-order valence-corrected chi connectivity index (χ3v) is 0.809. The number of aliphatic carboxylic acids is 1. The molecular formula is C4H8BBrO7. The van der Waals surface area contributed by atoms with Gasteiger partial charge in [0.2, 0.25) is 0 Å². The van der Waals surface area contributed by atoms with Crippen molar-refractivity contribution in [2.75, 3.05) is 11.9 Å². The van der Waals surface area contributed by atoms with E-state index in [1.165, 1.54) is 0 Å². The van der Waals surface area contributed by atoms with Crippen LogP contribution in [0.1, 0.15) is 0 Å². The van der Waals surface area contributed by atoms with Crippen LogP contribution < -0.4 is 0 Å². The van der Waals surface area contributed by atoms with Crippen molar-refractivity contribution in [3.05, 3.63) is 0 Å². The smallest absolute Gasteiger partial charge is 0.473 e. The summed E-state index contributed by atoms with van der Waals surface area (Å²) in [5.41, 5.74) is 0. The summed E-state index contributed by atoms with van der Waals surface area (Å²) in [4.78, 5) is 19.8. The molecular weight excluding hydrogens is 251 g/mol. The highest BCUT2D eigenvalue weighted by molar-refractivity contribution is 9.09. The molecule has 7 nitrogen and oxygen atoms in total. The van der Waals surface area contributed by atoms with E-state index in [2.05, 4.69) is 20.7 Å². The lowest BCUT2D eigenvalue weighted by Gasteiger charge is -1.94. The van der Waals surface area contributed by atoms with Crippen molar-refractivity contribution >= 4 is 35.2 Å². The van der Waals surface area contributed by atoms with Crippen LogP contribution in [-0.4, -0.2) is 51.4 Å². The Morgan fingerprint density at radius 3 is 1.92 bits per heavy atom. The first-order valence-electron chi connectivity index (χ1n) is 2.92. The van der Waals surface area contributed by atoms with Gasteiger partial charge in [-0.25, -0.2) is 9.59 Å². The van der Waals surface area contributed by atoms with Gasteiger partial charge in [0, 0.05) is 5.33 Å². The molecule has 0 saturated heterocycles. The number of halogens is 1. The van der Waals surface area contributed by atoms with E-state index < -0.39 is 19.3 Å². The van der Waals surface area contributed by atoms with Gasteiger partial charge in [0.05, 0.1) is 0 Å². The van der Waals surface area contributed by atoms with Crippen LogP contribution >= 0.6 is 15.9 Å². The van der Waals surface area contributed by atoms with E-state index in [0.717, 1.165) is 0 Å². The molecule has 0 bridgehead atoms.